The van der Waals surface area contributed by atoms with Crippen LogP contribution in [-0.2, 0) is 13.0 Å². The summed E-state index contributed by atoms with van der Waals surface area (Å²) in [6.07, 6.45) is 1.54. The van der Waals surface area contributed by atoms with E-state index in [0.29, 0.717) is 25.1 Å². The zero-order valence-electron chi connectivity index (χ0n) is 19.6. The van der Waals surface area contributed by atoms with Crippen molar-refractivity contribution in [3.05, 3.63) is 94.8 Å². The molecule has 0 radical (unpaired) electrons. The van der Waals surface area contributed by atoms with Crippen LogP contribution in [0.5, 0.6) is 5.75 Å². The first-order valence-corrected chi connectivity index (χ1v) is 11.5. The van der Waals surface area contributed by atoms with E-state index in [1.54, 1.807) is 0 Å². The van der Waals surface area contributed by atoms with E-state index in [1.807, 2.05) is 61.5 Å². The minimum absolute atomic E-state index is 0.0559. The van der Waals surface area contributed by atoms with E-state index in [0.717, 1.165) is 41.1 Å². The fourth-order valence-electron chi connectivity index (χ4n) is 3.95. The molecule has 0 fully saturated rings. The van der Waals surface area contributed by atoms with Crippen molar-refractivity contribution in [2.24, 2.45) is 0 Å². The normalized spacial score (nSPS) is 11.0. The molecule has 4 rings (SSSR count). The predicted octanol–water partition coefficient (Wildman–Crippen LogP) is 5.40. The first-order valence-electron chi connectivity index (χ1n) is 11.5. The second-order valence-corrected chi connectivity index (χ2v) is 8.44. The van der Waals surface area contributed by atoms with Crippen LogP contribution >= 0.6 is 0 Å². The molecule has 0 spiro atoms. The number of ether oxygens (including phenoxy) is 1. The van der Waals surface area contributed by atoms with Gasteiger partial charge in [-0.15, -0.1) is 0 Å². The molecular formula is C28H31N3O2. The molecule has 0 aliphatic rings. The maximum Gasteiger partial charge on any atom is 0.251 e. The van der Waals surface area contributed by atoms with Crippen molar-refractivity contribution >= 4 is 16.9 Å². The first-order chi connectivity index (χ1) is 16.0. The molecule has 170 valence electrons. The van der Waals surface area contributed by atoms with Gasteiger partial charge in [-0.2, -0.15) is 0 Å². The third-order valence-electron chi connectivity index (χ3n) is 6.02. The first kappa shape index (κ1) is 22.6. The van der Waals surface area contributed by atoms with Crippen molar-refractivity contribution in [2.75, 3.05) is 13.2 Å². The number of carbonyl (C=O) groups is 1. The van der Waals surface area contributed by atoms with Crippen LogP contribution in [0.4, 0.5) is 0 Å². The average Bonchev–Trinajstić information content (AvgIpc) is 3.17. The maximum atomic E-state index is 12.4. The molecule has 1 heterocycles. The van der Waals surface area contributed by atoms with Crippen molar-refractivity contribution in [3.63, 3.8) is 0 Å². The zero-order valence-corrected chi connectivity index (χ0v) is 19.6. The molecule has 3 aromatic carbocycles. The van der Waals surface area contributed by atoms with Crippen LogP contribution in [0.3, 0.4) is 0 Å². The fourth-order valence-corrected chi connectivity index (χ4v) is 3.95. The Morgan fingerprint density at radius 1 is 0.970 bits per heavy atom. The van der Waals surface area contributed by atoms with Gasteiger partial charge in [-0.1, -0.05) is 42.0 Å². The molecule has 0 saturated heterocycles. The topological polar surface area (TPSA) is 56.2 Å². The molecule has 0 unspecified atom stereocenters. The molecule has 5 heteroatoms. The lowest BCUT2D eigenvalue weighted by Gasteiger charge is -2.13. The Bertz CT molecular complexity index is 1240. The molecule has 33 heavy (non-hydrogen) atoms. The van der Waals surface area contributed by atoms with Gasteiger partial charge in [0.05, 0.1) is 17.6 Å². The number of hydrogen-bond donors (Lipinski definition) is 1. The number of aromatic nitrogens is 2. The highest BCUT2D eigenvalue weighted by Crippen LogP contribution is 2.21. The van der Waals surface area contributed by atoms with Crippen LogP contribution < -0.4 is 10.1 Å². The van der Waals surface area contributed by atoms with Gasteiger partial charge >= 0.3 is 0 Å². The number of nitrogens with one attached hydrogen (secondary N) is 1. The summed E-state index contributed by atoms with van der Waals surface area (Å²) < 4.78 is 8.30. The second-order valence-electron chi connectivity index (χ2n) is 8.44. The molecular weight excluding hydrogens is 410 g/mol. The van der Waals surface area contributed by atoms with Gasteiger partial charge in [0.1, 0.15) is 11.6 Å². The smallest absolute Gasteiger partial charge is 0.251 e. The summed E-state index contributed by atoms with van der Waals surface area (Å²) >= 11 is 0. The van der Waals surface area contributed by atoms with Crippen LogP contribution in [0.15, 0.2) is 66.7 Å². The van der Waals surface area contributed by atoms with E-state index in [2.05, 4.69) is 35.9 Å². The van der Waals surface area contributed by atoms with Crippen molar-refractivity contribution in [2.45, 2.75) is 40.2 Å². The monoisotopic (exact) mass is 441 g/mol. The Balaban J connectivity index is 1.38. The minimum Gasteiger partial charge on any atom is -0.493 e. The van der Waals surface area contributed by atoms with E-state index >= 15 is 0 Å². The highest BCUT2D eigenvalue weighted by Gasteiger charge is 2.12. The molecule has 0 aliphatic heterocycles. The lowest BCUT2D eigenvalue weighted by molar-refractivity contribution is 0.0954. The second kappa shape index (κ2) is 10.3. The van der Waals surface area contributed by atoms with Gasteiger partial charge in [0.25, 0.3) is 5.91 Å². The van der Waals surface area contributed by atoms with Gasteiger partial charge < -0.3 is 14.6 Å². The van der Waals surface area contributed by atoms with Crippen molar-refractivity contribution in [1.82, 2.24) is 14.9 Å². The van der Waals surface area contributed by atoms with E-state index in [1.165, 1.54) is 11.1 Å². The van der Waals surface area contributed by atoms with Gasteiger partial charge in [0.2, 0.25) is 0 Å². The minimum atomic E-state index is -0.0559. The van der Waals surface area contributed by atoms with E-state index in [-0.39, 0.29) is 5.91 Å². The predicted molar refractivity (Wildman–Crippen MR) is 133 cm³/mol. The number of benzene rings is 3. The van der Waals surface area contributed by atoms with Crippen molar-refractivity contribution < 1.29 is 9.53 Å². The molecule has 0 aliphatic carbocycles. The number of aryl methyl sites for hydroxylation is 3. The molecule has 0 atom stereocenters. The lowest BCUT2D eigenvalue weighted by atomic mass is 10.1. The van der Waals surface area contributed by atoms with Gasteiger partial charge in [-0.3, -0.25) is 4.79 Å². The molecule has 0 bridgehead atoms. The Hall–Kier alpha value is -3.60. The highest BCUT2D eigenvalue weighted by molar-refractivity contribution is 5.94. The van der Waals surface area contributed by atoms with Gasteiger partial charge in [0.15, 0.2) is 0 Å². The zero-order chi connectivity index (χ0) is 23.2. The number of imidazole rings is 1. The Labute approximate surface area is 195 Å². The SMILES string of the molecule is Cc1ccc(C(=O)NCCc2nc3ccccc3n2CCCOc2cccc(C)c2C)cc1. The van der Waals surface area contributed by atoms with Crippen LogP contribution in [0.25, 0.3) is 11.0 Å². The molecule has 4 aromatic rings. The number of hydrogen-bond acceptors (Lipinski definition) is 3. The molecule has 1 N–H and O–H groups in total. The number of amides is 1. The molecule has 5 nitrogen and oxygen atoms in total. The Kier molecular flexibility index (Phi) is 7.08. The summed E-state index contributed by atoms with van der Waals surface area (Å²) in [5.41, 5.74) is 6.34. The summed E-state index contributed by atoms with van der Waals surface area (Å²) in [4.78, 5) is 17.3. The van der Waals surface area contributed by atoms with Crippen LogP contribution in [0.1, 0.15) is 39.3 Å². The third kappa shape index (κ3) is 5.43. The number of fused-ring (bicyclic) bond motifs is 1. The average molecular weight is 442 g/mol. The number of nitrogens with zero attached hydrogens (tertiary/aromatic N) is 2. The number of rotatable bonds is 9. The van der Waals surface area contributed by atoms with Crippen LogP contribution in [0, 0.1) is 20.8 Å². The molecule has 1 aromatic heterocycles. The largest absolute Gasteiger partial charge is 0.493 e. The van der Waals surface area contributed by atoms with Gasteiger partial charge in [-0.25, -0.2) is 4.98 Å². The summed E-state index contributed by atoms with van der Waals surface area (Å²) in [5, 5.41) is 3.02. The lowest BCUT2D eigenvalue weighted by Crippen LogP contribution is -2.26. The number of carbonyl (C=O) groups excluding carboxylic acids is 1. The summed E-state index contributed by atoms with van der Waals surface area (Å²) in [5.74, 6) is 1.87. The molecule has 0 saturated carbocycles. The van der Waals surface area contributed by atoms with E-state index in [9.17, 15) is 4.79 Å². The van der Waals surface area contributed by atoms with Crippen molar-refractivity contribution in [1.29, 1.82) is 0 Å². The van der Waals surface area contributed by atoms with Crippen molar-refractivity contribution in [3.8, 4) is 5.75 Å². The number of para-hydroxylation sites is 2. The highest BCUT2D eigenvalue weighted by atomic mass is 16.5. The Morgan fingerprint density at radius 2 is 1.76 bits per heavy atom. The standard InChI is InChI=1S/C28H31N3O2/c1-20-12-14-23(15-13-20)28(32)29-17-16-27-30-24-9-4-5-10-25(24)31(27)18-7-19-33-26-11-6-8-21(2)22(26)3/h4-6,8-15H,7,16-19H2,1-3H3,(H,29,32). The van der Waals surface area contributed by atoms with Crippen LogP contribution in [-0.4, -0.2) is 28.6 Å². The molecule has 1 amide bonds. The summed E-state index contributed by atoms with van der Waals surface area (Å²) in [6.45, 7) is 8.20. The summed E-state index contributed by atoms with van der Waals surface area (Å²) in [6, 6.07) is 22.0. The maximum absolute atomic E-state index is 12.4. The quantitative estimate of drug-likeness (QED) is 0.354. The van der Waals surface area contributed by atoms with Crippen LogP contribution in [0.2, 0.25) is 0 Å². The van der Waals surface area contributed by atoms with E-state index < -0.39 is 0 Å². The fraction of sp³-hybridized carbons (Fsp3) is 0.286. The summed E-state index contributed by atoms with van der Waals surface area (Å²) in [7, 11) is 0. The van der Waals surface area contributed by atoms with E-state index in [4.69, 9.17) is 9.72 Å². The third-order valence-corrected chi connectivity index (χ3v) is 6.02. The van der Waals surface area contributed by atoms with Gasteiger partial charge in [-0.05, 0) is 68.7 Å². The van der Waals surface area contributed by atoms with Gasteiger partial charge in [0, 0.05) is 25.1 Å². The Morgan fingerprint density at radius 3 is 2.58 bits per heavy atom.